The molecule has 1 N–H and O–H groups in total. The maximum absolute atomic E-state index is 11.8. The predicted molar refractivity (Wildman–Crippen MR) is 117 cm³/mol. The second-order valence-electron chi connectivity index (χ2n) is 8.03. The Morgan fingerprint density at radius 2 is 1.61 bits per heavy atom. The third-order valence-electron chi connectivity index (χ3n) is 4.74. The van der Waals surface area contributed by atoms with E-state index in [2.05, 4.69) is 19.1 Å². The van der Waals surface area contributed by atoms with Crippen molar-refractivity contribution in [3.63, 3.8) is 0 Å². The zero-order valence-corrected chi connectivity index (χ0v) is 19.0. The summed E-state index contributed by atoms with van der Waals surface area (Å²) in [5, 5.41) is 9.91. The molecule has 0 spiro atoms. The molecule has 0 saturated heterocycles. The molecule has 0 aromatic rings. The van der Waals surface area contributed by atoms with Gasteiger partial charge >= 0.3 is 5.97 Å². The Labute approximate surface area is 174 Å². The molecule has 0 rings (SSSR count). The highest BCUT2D eigenvalue weighted by molar-refractivity contribution is 5.69. The lowest BCUT2D eigenvalue weighted by Crippen LogP contribution is -2.23. The van der Waals surface area contributed by atoms with Gasteiger partial charge in [-0.3, -0.25) is 4.79 Å². The van der Waals surface area contributed by atoms with Crippen LogP contribution in [0.25, 0.3) is 0 Å². The smallest absolute Gasteiger partial charge is 0.308 e. The van der Waals surface area contributed by atoms with E-state index in [0.717, 1.165) is 44.9 Å². The number of carbonyl (C=O) groups excluding carboxylic acids is 1. The van der Waals surface area contributed by atoms with Gasteiger partial charge in [0.15, 0.2) is 0 Å². The summed E-state index contributed by atoms with van der Waals surface area (Å²) in [6, 6.07) is 0. The molecule has 0 aliphatic rings. The fourth-order valence-electron chi connectivity index (χ4n) is 3.07. The van der Waals surface area contributed by atoms with E-state index in [1.54, 1.807) is 0 Å². The highest BCUT2D eigenvalue weighted by Crippen LogP contribution is 2.12. The molecule has 2 atom stereocenters. The summed E-state index contributed by atoms with van der Waals surface area (Å²) in [4.78, 5) is 11.8. The Balaban J connectivity index is 3.50. The van der Waals surface area contributed by atoms with E-state index < -0.39 is 6.29 Å². The highest BCUT2D eigenvalue weighted by Gasteiger charge is 2.13. The SMILES string of the molecule is CCCCCC[C@@H](O)C/C=C\CCCCCCCC(=O)OC(CC)OC(C)C. The summed E-state index contributed by atoms with van der Waals surface area (Å²) in [6.07, 6.45) is 18.1. The van der Waals surface area contributed by atoms with E-state index in [-0.39, 0.29) is 18.2 Å². The standard InChI is InChI=1S/C24H46O4/c1-5-7-8-15-18-22(25)19-16-13-11-9-10-12-14-17-20-23(26)28-24(6-2)27-21(3)4/h13,16,21-22,24-25H,5-12,14-15,17-20H2,1-4H3/b16-13-/t22-,24?/m1/s1. The van der Waals surface area contributed by atoms with Crippen LogP contribution in [0.3, 0.4) is 0 Å². The van der Waals surface area contributed by atoms with Gasteiger partial charge in [-0.2, -0.15) is 0 Å². The number of ether oxygens (including phenoxy) is 2. The van der Waals surface area contributed by atoms with Crippen LogP contribution in [0, 0.1) is 0 Å². The molecular formula is C24H46O4. The molecule has 4 nitrogen and oxygen atoms in total. The number of aliphatic hydroxyl groups excluding tert-OH is 1. The summed E-state index contributed by atoms with van der Waals surface area (Å²) in [5.41, 5.74) is 0. The number of unbranched alkanes of at least 4 members (excludes halogenated alkanes) is 8. The average molecular weight is 399 g/mol. The molecule has 1 unspecified atom stereocenters. The molecule has 0 aromatic carbocycles. The third-order valence-corrected chi connectivity index (χ3v) is 4.74. The molecule has 0 aromatic heterocycles. The van der Waals surface area contributed by atoms with E-state index in [9.17, 15) is 9.90 Å². The zero-order chi connectivity index (χ0) is 21.0. The first-order valence-electron chi connectivity index (χ1n) is 11.7. The normalized spacial score (nSPS) is 13.9. The van der Waals surface area contributed by atoms with E-state index in [1.165, 1.54) is 32.1 Å². The molecule has 0 aliphatic heterocycles. The van der Waals surface area contributed by atoms with Gasteiger partial charge in [-0.1, -0.05) is 70.9 Å². The van der Waals surface area contributed by atoms with Crippen molar-refractivity contribution in [1.82, 2.24) is 0 Å². The summed E-state index contributed by atoms with van der Waals surface area (Å²) in [7, 11) is 0. The van der Waals surface area contributed by atoms with Crippen molar-refractivity contribution in [2.45, 2.75) is 136 Å². The van der Waals surface area contributed by atoms with Gasteiger partial charge < -0.3 is 14.6 Å². The molecule has 0 bridgehead atoms. The van der Waals surface area contributed by atoms with Crippen LogP contribution in [0.1, 0.15) is 118 Å². The maximum Gasteiger partial charge on any atom is 0.308 e. The molecule has 0 radical (unpaired) electrons. The van der Waals surface area contributed by atoms with Crippen LogP contribution >= 0.6 is 0 Å². The van der Waals surface area contributed by atoms with Crippen molar-refractivity contribution in [1.29, 1.82) is 0 Å². The van der Waals surface area contributed by atoms with E-state index in [1.807, 2.05) is 20.8 Å². The molecule has 0 amide bonds. The fraction of sp³-hybridized carbons (Fsp3) is 0.875. The molecule has 0 aliphatic carbocycles. The minimum absolute atomic E-state index is 0.0702. The number of aliphatic hydroxyl groups is 1. The largest absolute Gasteiger partial charge is 0.436 e. The molecule has 4 heteroatoms. The number of allylic oxidation sites excluding steroid dienone is 1. The van der Waals surface area contributed by atoms with Gasteiger partial charge in [-0.15, -0.1) is 0 Å². The first-order chi connectivity index (χ1) is 13.5. The predicted octanol–water partition coefficient (Wildman–Crippen LogP) is 6.70. The van der Waals surface area contributed by atoms with Crippen LogP contribution < -0.4 is 0 Å². The van der Waals surface area contributed by atoms with Crippen molar-refractivity contribution in [3.8, 4) is 0 Å². The lowest BCUT2D eigenvalue weighted by atomic mass is 10.1. The lowest BCUT2D eigenvalue weighted by Gasteiger charge is -2.19. The molecule has 0 saturated carbocycles. The zero-order valence-electron chi connectivity index (χ0n) is 19.0. The van der Waals surface area contributed by atoms with Crippen LogP contribution in [0.2, 0.25) is 0 Å². The molecule has 0 heterocycles. The minimum atomic E-state index is -0.408. The molecule has 166 valence electrons. The Kier molecular flexibility index (Phi) is 18.8. The van der Waals surface area contributed by atoms with Gasteiger partial charge in [-0.05, 0) is 46.0 Å². The first kappa shape index (κ1) is 27.1. The second kappa shape index (κ2) is 19.4. The summed E-state index contributed by atoms with van der Waals surface area (Å²) >= 11 is 0. The minimum Gasteiger partial charge on any atom is -0.436 e. The van der Waals surface area contributed by atoms with Crippen molar-refractivity contribution >= 4 is 5.97 Å². The monoisotopic (exact) mass is 398 g/mol. The van der Waals surface area contributed by atoms with Crippen molar-refractivity contribution < 1.29 is 19.4 Å². The van der Waals surface area contributed by atoms with Gasteiger partial charge in [0.05, 0.1) is 12.2 Å². The first-order valence-corrected chi connectivity index (χ1v) is 11.7. The fourth-order valence-corrected chi connectivity index (χ4v) is 3.07. The number of esters is 1. The van der Waals surface area contributed by atoms with E-state index in [4.69, 9.17) is 9.47 Å². The second-order valence-corrected chi connectivity index (χ2v) is 8.03. The Hall–Kier alpha value is -0.870. The number of rotatable bonds is 19. The van der Waals surface area contributed by atoms with E-state index in [0.29, 0.717) is 12.8 Å². The number of hydrogen-bond acceptors (Lipinski definition) is 4. The molecule has 28 heavy (non-hydrogen) atoms. The molecule has 0 fully saturated rings. The van der Waals surface area contributed by atoms with Gasteiger partial charge in [0.1, 0.15) is 0 Å². The summed E-state index contributed by atoms with van der Waals surface area (Å²) in [6.45, 7) is 8.06. The van der Waals surface area contributed by atoms with Gasteiger partial charge in [0.25, 0.3) is 0 Å². The highest BCUT2D eigenvalue weighted by atomic mass is 16.7. The lowest BCUT2D eigenvalue weighted by molar-refractivity contribution is -0.187. The summed E-state index contributed by atoms with van der Waals surface area (Å²) < 4.78 is 10.9. The Morgan fingerprint density at radius 1 is 0.929 bits per heavy atom. The van der Waals surface area contributed by atoms with Crippen molar-refractivity contribution in [3.05, 3.63) is 12.2 Å². The Morgan fingerprint density at radius 3 is 2.29 bits per heavy atom. The van der Waals surface area contributed by atoms with Gasteiger partial charge in [-0.25, -0.2) is 0 Å². The van der Waals surface area contributed by atoms with Crippen LogP contribution in [0.15, 0.2) is 12.2 Å². The van der Waals surface area contributed by atoms with Crippen LogP contribution in [-0.4, -0.2) is 29.6 Å². The van der Waals surface area contributed by atoms with Gasteiger partial charge in [0.2, 0.25) is 6.29 Å². The number of carbonyl (C=O) groups is 1. The topological polar surface area (TPSA) is 55.8 Å². The van der Waals surface area contributed by atoms with Crippen molar-refractivity contribution in [2.75, 3.05) is 0 Å². The average Bonchev–Trinajstić information content (AvgIpc) is 2.65. The van der Waals surface area contributed by atoms with Crippen LogP contribution in [0.5, 0.6) is 0 Å². The summed E-state index contributed by atoms with van der Waals surface area (Å²) in [5.74, 6) is -0.149. The Bertz CT molecular complexity index is 379. The van der Waals surface area contributed by atoms with Crippen LogP contribution in [0.4, 0.5) is 0 Å². The maximum atomic E-state index is 11.8. The number of hydrogen-bond donors (Lipinski definition) is 1. The quantitative estimate of drug-likeness (QED) is 0.114. The van der Waals surface area contributed by atoms with Gasteiger partial charge in [0, 0.05) is 12.8 Å². The molecular weight excluding hydrogens is 352 g/mol. The van der Waals surface area contributed by atoms with E-state index >= 15 is 0 Å². The van der Waals surface area contributed by atoms with Crippen LogP contribution in [-0.2, 0) is 14.3 Å². The third kappa shape index (κ3) is 18.5. The van der Waals surface area contributed by atoms with Crippen molar-refractivity contribution in [2.24, 2.45) is 0 Å².